The first-order valence-electron chi connectivity index (χ1n) is 7.14. The van der Waals surface area contributed by atoms with Gasteiger partial charge in [0.05, 0.1) is 5.52 Å². The van der Waals surface area contributed by atoms with Gasteiger partial charge < -0.3 is 4.74 Å². The van der Waals surface area contributed by atoms with Crippen LogP contribution in [0.3, 0.4) is 0 Å². The molecule has 0 unspecified atom stereocenters. The van der Waals surface area contributed by atoms with Gasteiger partial charge in [-0.05, 0) is 29.8 Å². The lowest BCUT2D eigenvalue weighted by Crippen LogP contribution is -2.17. The molecule has 24 heavy (non-hydrogen) atoms. The molecule has 0 aliphatic heterocycles. The summed E-state index contributed by atoms with van der Waals surface area (Å²) in [5, 5.41) is 0.844. The van der Waals surface area contributed by atoms with Crippen LogP contribution in [0.15, 0.2) is 60.8 Å². The Morgan fingerprint density at radius 3 is 2.62 bits per heavy atom. The van der Waals surface area contributed by atoms with E-state index in [9.17, 15) is 18.0 Å². The summed E-state index contributed by atoms with van der Waals surface area (Å²) in [4.78, 5) is 16.6. The molecule has 0 fully saturated rings. The highest BCUT2D eigenvalue weighted by atomic mass is 19.4. The number of pyridine rings is 1. The lowest BCUT2D eigenvalue weighted by atomic mass is 10.00. The number of alkyl halides is 3. The summed E-state index contributed by atoms with van der Waals surface area (Å²) in [6.45, 7) is 0. The SMILES string of the molecule is O=C(Cc1ccnc2ccccc12)c1cccc(OC(F)(F)F)c1. The Morgan fingerprint density at radius 2 is 1.83 bits per heavy atom. The maximum Gasteiger partial charge on any atom is 0.573 e. The number of carbonyl (C=O) groups is 1. The Bertz CT molecular complexity index is 885. The Hall–Kier alpha value is -2.89. The molecule has 6 heteroatoms. The van der Waals surface area contributed by atoms with Crippen LogP contribution in [-0.4, -0.2) is 17.1 Å². The molecule has 122 valence electrons. The number of benzene rings is 2. The molecule has 0 N–H and O–H groups in total. The maximum absolute atomic E-state index is 12.4. The molecule has 3 rings (SSSR count). The van der Waals surface area contributed by atoms with Gasteiger partial charge in [0.15, 0.2) is 5.78 Å². The van der Waals surface area contributed by atoms with Crippen molar-refractivity contribution < 1.29 is 22.7 Å². The van der Waals surface area contributed by atoms with Crippen molar-refractivity contribution in [3.8, 4) is 5.75 Å². The third-order valence-electron chi connectivity index (χ3n) is 3.48. The number of ketones is 1. The first kappa shape index (κ1) is 16.0. The molecule has 1 heterocycles. The first-order valence-corrected chi connectivity index (χ1v) is 7.14. The molecule has 0 saturated carbocycles. The van der Waals surface area contributed by atoms with E-state index in [0.29, 0.717) is 0 Å². The third-order valence-corrected chi connectivity index (χ3v) is 3.48. The molecule has 0 spiro atoms. The summed E-state index contributed by atoms with van der Waals surface area (Å²) in [7, 11) is 0. The van der Waals surface area contributed by atoms with Crippen LogP contribution < -0.4 is 4.74 Å². The number of hydrogen-bond acceptors (Lipinski definition) is 3. The molecule has 0 bridgehead atoms. The number of ether oxygens (including phenoxy) is 1. The molecule has 0 aliphatic rings. The van der Waals surface area contributed by atoms with E-state index in [2.05, 4.69) is 9.72 Å². The highest BCUT2D eigenvalue weighted by molar-refractivity contribution is 6.00. The van der Waals surface area contributed by atoms with Gasteiger partial charge in [0, 0.05) is 23.6 Å². The number of carbonyl (C=O) groups excluding carboxylic acids is 1. The minimum Gasteiger partial charge on any atom is -0.406 e. The highest BCUT2D eigenvalue weighted by Crippen LogP contribution is 2.24. The molecule has 0 radical (unpaired) electrons. The van der Waals surface area contributed by atoms with E-state index in [1.54, 1.807) is 12.3 Å². The molecule has 3 nitrogen and oxygen atoms in total. The van der Waals surface area contributed by atoms with Gasteiger partial charge in [-0.25, -0.2) is 0 Å². The zero-order valence-corrected chi connectivity index (χ0v) is 12.4. The second-order valence-electron chi connectivity index (χ2n) is 5.16. The minimum absolute atomic E-state index is 0.0680. The van der Waals surface area contributed by atoms with Gasteiger partial charge in [-0.1, -0.05) is 30.3 Å². The molecule has 2 aromatic carbocycles. The van der Waals surface area contributed by atoms with Gasteiger partial charge in [-0.15, -0.1) is 13.2 Å². The lowest BCUT2D eigenvalue weighted by molar-refractivity contribution is -0.274. The summed E-state index contributed by atoms with van der Waals surface area (Å²) in [6.07, 6.45) is -3.12. The van der Waals surface area contributed by atoms with Crippen molar-refractivity contribution >= 4 is 16.7 Å². The summed E-state index contributed by atoms with van der Waals surface area (Å²) in [5.41, 5.74) is 1.70. The largest absolute Gasteiger partial charge is 0.573 e. The van der Waals surface area contributed by atoms with Crippen LogP contribution in [0.5, 0.6) is 5.75 Å². The van der Waals surface area contributed by atoms with Crippen molar-refractivity contribution in [2.24, 2.45) is 0 Å². The Morgan fingerprint density at radius 1 is 1.04 bits per heavy atom. The number of para-hydroxylation sites is 1. The van der Waals surface area contributed by atoms with E-state index in [-0.39, 0.29) is 17.8 Å². The van der Waals surface area contributed by atoms with Crippen LogP contribution in [-0.2, 0) is 6.42 Å². The minimum atomic E-state index is -4.79. The van der Waals surface area contributed by atoms with Gasteiger partial charge in [0.1, 0.15) is 5.75 Å². The molecule has 1 aromatic heterocycles. The van der Waals surface area contributed by atoms with Crippen molar-refractivity contribution in [1.82, 2.24) is 4.98 Å². The molecule has 3 aromatic rings. The summed E-state index contributed by atoms with van der Waals surface area (Å²) in [5.74, 6) is -0.702. The van der Waals surface area contributed by atoms with Gasteiger partial charge in [0.25, 0.3) is 0 Å². The molecular formula is C18H12F3NO2. The van der Waals surface area contributed by atoms with Crippen LogP contribution in [0.2, 0.25) is 0 Å². The summed E-state index contributed by atoms with van der Waals surface area (Å²) >= 11 is 0. The molecule has 0 amide bonds. The standard InChI is InChI=1S/C18H12F3NO2/c19-18(20,21)24-14-5-3-4-13(10-14)17(23)11-12-8-9-22-16-7-2-1-6-15(12)16/h1-10H,11H2. The average Bonchev–Trinajstić information content (AvgIpc) is 2.54. The van der Waals surface area contributed by atoms with E-state index in [4.69, 9.17) is 0 Å². The predicted octanol–water partition coefficient (Wildman–Crippen LogP) is 4.56. The number of aromatic nitrogens is 1. The Labute approximate surface area is 135 Å². The van der Waals surface area contributed by atoms with Crippen molar-refractivity contribution in [1.29, 1.82) is 0 Å². The van der Waals surface area contributed by atoms with Crippen LogP contribution in [0, 0.1) is 0 Å². The molecular weight excluding hydrogens is 319 g/mol. The van der Waals surface area contributed by atoms with Gasteiger partial charge in [0.2, 0.25) is 0 Å². The smallest absolute Gasteiger partial charge is 0.406 e. The van der Waals surface area contributed by atoms with Gasteiger partial charge in [-0.3, -0.25) is 9.78 Å². The van der Waals surface area contributed by atoms with Crippen LogP contribution in [0.25, 0.3) is 10.9 Å². The zero-order chi connectivity index (χ0) is 17.2. The monoisotopic (exact) mass is 331 g/mol. The third kappa shape index (κ3) is 3.71. The van der Waals surface area contributed by atoms with Gasteiger partial charge >= 0.3 is 6.36 Å². The number of nitrogens with zero attached hydrogens (tertiary/aromatic N) is 1. The fraction of sp³-hybridized carbons (Fsp3) is 0.111. The van der Waals surface area contributed by atoms with E-state index in [1.807, 2.05) is 24.3 Å². The summed E-state index contributed by atoms with van der Waals surface area (Å²) in [6, 6.07) is 14.2. The van der Waals surface area contributed by atoms with Crippen molar-refractivity contribution in [3.63, 3.8) is 0 Å². The van der Waals surface area contributed by atoms with E-state index >= 15 is 0 Å². The Balaban J connectivity index is 1.86. The summed E-state index contributed by atoms with van der Waals surface area (Å²) < 4.78 is 40.7. The van der Waals surface area contributed by atoms with Crippen molar-refractivity contribution in [3.05, 3.63) is 71.9 Å². The number of fused-ring (bicyclic) bond motifs is 1. The van der Waals surface area contributed by atoms with E-state index < -0.39 is 12.1 Å². The van der Waals surface area contributed by atoms with Crippen molar-refractivity contribution in [2.45, 2.75) is 12.8 Å². The van der Waals surface area contributed by atoms with Crippen molar-refractivity contribution in [2.75, 3.05) is 0 Å². The fourth-order valence-electron chi connectivity index (χ4n) is 2.45. The first-order chi connectivity index (χ1) is 11.4. The second kappa shape index (κ2) is 6.31. The van der Waals surface area contributed by atoms with E-state index in [1.165, 1.54) is 12.1 Å². The predicted molar refractivity (Wildman–Crippen MR) is 82.9 cm³/mol. The number of halogens is 3. The number of hydrogen-bond donors (Lipinski definition) is 0. The zero-order valence-electron chi connectivity index (χ0n) is 12.4. The molecule has 0 saturated heterocycles. The number of rotatable bonds is 4. The topological polar surface area (TPSA) is 39.2 Å². The number of Topliss-reactive ketones (excluding diaryl/α,β-unsaturated/α-hetero) is 1. The lowest BCUT2D eigenvalue weighted by Gasteiger charge is -2.10. The average molecular weight is 331 g/mol. The highest BCUT2D eigenvalue weighted by Gasteiger charge is 2.31. The Kier molecular flexibility index (Phi) is 4.20. The van der Waals surface area contributed by atoms with Crippen LogP contribution in [0.1, 0.15) is 15.9 Å². The molecule has 0 aliphatic carbocycles. The normalized spacial score (nSPS) is 11.5. The second-order valence-corrected chi connectivity index (χ2v) is 5.16. The fourth-order valence-corrected chi connectivity index (χ4v) is 2.45. The maximum atomic E-state index is 12.4. The van der Waals surface area contributed by atoms with Gasteiger partial charge in [-0.2, -0.15) is 0 Å². The molecule has 0 atom stereocenters. The van der Waals surface area contributed by atoms with E-state index in [0.717, 1.165) is 28.6 Å². The van der Waals surface area contributed by atoms with Crippen LogP contribution in [0.4, 0.5) is 13.2 Å². The van der Waals surface area contributed by atoms with Crippen LogP contribution >= 0.6 is 0 Å². The quantitative estimate of drug-likeness (QED) is 0.658.